The zero-order valence-corrected chi connectivity index (χ0v) is 18.7. The van der Waals surface area contributed by atoms with E-state index in [1.54, 1.807) is 11.6 Å². The molecule has 4 aromatic rings. The Balaban J connectivity index is 1.81. The summed E-state index contributed by atoms with van der Waals surface area (Å²) < 4.78 is 3.89. The van der Waals surface area contributed by atoms with Crippen LogP contribution in [0.1, 0.15) is 17.0 Å². The van der Waals surface area contributed by atoms with Crippen LogP contribution in [-0.2, 0) is 45.1 Å². The van der Waals surface area contributed by atoms with E-state index < -0.39 is 17.2 Å². The van der Waals surface area contributed by atoms with Crippen LogP contribution in [0.5, 0.6) is 0 Å². The molecule has 0 aliphatic rings. The van der Waals surface area contributed by atoms with Crippen molar-refractivity contribution in [2.75, 3.05) is 0 Å². The third-order valence-electron chi connectivity index (χ3n) is 5.74. The normalized spacial score (nSPS) is 11.4. The van der Waals surface area contributed by atoms with Crippen molar-refractivity contribution in [2.45, 2.75) is 26.2 Å². The highest BCUT2D eigenvalue weighted by Crippen LogP contribution is 2.11. The van der Waals surface area contributed by atoms with Crippen LogP contribution in [0.3, 0.4) is 0 Å². The molecule has 33 heavy (non-hydrogen) atoms. The standard InChI is InChI=1S/C24H26N6O3/c1-27-22-21(23(32)28(2)24(27)33)30(15-19(25)31)20(26-22)16-29(13-17-9-5-3-6-10-17)14-18-11-7-4-8-12-18/h3-12H,13-16H2,1-2H3,(H2,25,31)/p+1. The summed E-state index contributed by atoms with van der Waals surface area (Å²) in [7, 11) is 2.97. The molecule has 0 aliphatic heterocycles. The number of nitrogens with one attached hydrogen (secondary N) is 1. The summed E-state index contributed by atoms with van der Waals surface area (Å²) in [6, 6.07) is 20.2. The van der Waals surface area contributed by atoms with E-state index in [0.717, 1.165) is 20.6 Å². The third-order valence-corrected chi connectivity index (χ3v) is 5.74. The SMILES string of the molecule is Cn1c(=O)c2c(nc(C[NH+](Cc3ccccc3)Cc3ccccc3)n2CC(N)=O)n(C)c1=O. The monoisotopic (exact) mass is 447 g/mol. The molecular weight excluding hydrogens is 420 g/mol. The Morgan fingerprint density at radius 3 is 1.94 bits per heavy atom. The fourth-order valence-electron chi connectivity index (χ4n) is 4.13. The lowest BCUT2D eigenvalue weighted by atomic mass is 10.1. The molecule has 0 atom stereocenters. The van der Waals surface area contributed by atoms with Crippen molar-refractivity contribution >= 4 is 17.1 Å². The van der Waals surface area contributed by atoms with E-state index in [-0.39, 0.29) is 17.7 Å². The van der Waals surface area contributed by atoms with Gasteiger partial charge in [-0.2, -0.15) is 0 Å². The van der Waals surface area contributed by atoms with Gasteiger partial charge >= 0.3 is 5.69 Å². The van der Waals surface area contributed by atoms with Gasteiger partial charge in [-0.25, -0.2) is 9.78 Å². The Morgan fingerprint density at radius 2 is 1.42 bits per heavy atom. The maximum atomic E-state index is 12.9. The van der Waals surface area contributed by atoms with Gasteiger partial charge in [0.05, 0.1) is 0 Å². The average molecular weight is 448 g/mol. The summed E-state index contributed by atoms with van der Waals surface area (Å²) in [6.07, 6.45) is 0. The van der Waals surface area contributed by atoms with E-state index in [1.165, 1.54) is 11.6 Å². The zero-order chi connectivity index (χ0) is 23.5. The number of imidazole rings is 1. The highest BCUT2D eigenvalue weighted by Gasteiger charge is 2.23. The molecule has 3 N–H and O–H groups in total. The Bertz CT molecular complexity index is 1360. The molecule has 0 radical (unpaired) electrons. The van der Waals surface area contributed by atoms with Crippen LogP contribution in [0, 0.1) is 0 Å². The van der Waals surface area contributed by atoms with Gasteiger partial charge in [0.1, 0.15) is 26.2 Å². The molecular formula is C24H27N6O3+. The van der Waals surface area contributed by atoms with Crippen LogP contribution >= 0.6 is 0 Å². The van der Waals surface area contributed by atoms with Gasteiger partial charge in [0.15, 0.2) is 17.0 Å². The maximum Gasteiger partial charge on any atom is 0.332 e. The molecule has 0 bridgehead atoms. The van der Waals surface area contributed by atoms with Gasteiger partial charge < -0.3 is 15.2 Å². The van der Waals surface area contributed by atoms with Crippen molar-refractivity contribution in [2.24, 2.45) is 19.8 Å². The second-order valence-electron chi connectivity index (χ2n) is 8.21. The number of nitrogens with two attached hydrogens (primary N) is 1. The van der Waals surface area contributed by atoms with Gasteiger partial charge in [-0.3, -0.25) is 18.7 Å². The summed E-state index contributed by atoms with van der Waals surface area (Å²) in [6.45, 7) is 1.67. The predicted molar refractivity (Wildman–Crippen MR) is 124 cm³/mol. The molecule has 2 aromatic carbocycles. The minimum Gasteiger partial charge on any atom is -0.368 e. The lowest BCUT2D eigenvalue weighted by molar-refractivity contribution is -0.941. The molecule has 9 nitrogen and oxygen atoms in total. The van der Waals surface area contributed by atoms with E-state index in [4.69, 9.17) is 5.73 Å². The molecule has 0 aliphatic carbocycles. The van der Waals surface area contributed by atoms with Crippen LogP contribution < -0.4 is 21.9 Å². The number of hydrogen-bond donors (Lipinski definition) is 2. The van der Waals surface area contributed by atoms with Crippen LogP contribution in [-0.4, -0.2) is 24.6 Å². The summed E-state index contributed by atoms with van der Waals surface area (Å²) in [4.78, 5) is 43.0. The van der Waals surface area contributed by atoms with E-state index >= 15 is 0 Å². The largest absolute Gasteiger partial charge is 0.368 e. The Kier molecular flexibility index (Phi) is 6.23. The van der Waals surface area contributed by atoms with Crippen molar-refractivity contribution in [1.82, 2.24) is 18.7 Å². The molecule has 0 saturated carbocycles. The summed E-state index contributed by atoms with van der Waals surface area (Å²) >= 11 is 0. The number of aryl methyl sites for hydroxylation is 1. The molecule has 0 unspecified atom stereocenters. The molecule has 0 fully saturated rings. The van der Waals surface area contributed by atoms with Gasteiger partial charge in [-0.15, -0.1) is 0 Å². The lowest BCUT2D eigenvalue weighted by Crippen LogP contribution is -3.08. The molecule has 0 spiro atoms. The Hall–Kier alpha value is -3.98. The molecule has 0 saturated heterocycles. The predicted octanol–water partition coefficient (Wildman–Crippen LogP) is -0.296. The summed E-state index contributed by atoms with van der Waals surface area (Å²) in [5, 5.41) is 0. The van der Waals surface area contributed by atoms with Gasteiger partial charge in [0, 0.05) is 25.2 Å². The highest BCUT2D eigenvalue weighted by molar-refractivity contribution is 5.78. The highest BCUT2D eigenvalue weighted by atomic mass is 16.2. The number of benzene rings is 2. The van der Waals surface area contributed by atoms with Gasteiger partial charge in [0.2, 0.25) is 5.91 Å². The number of carbonyl (C=O) groups excluding carboxylic acids is 1. The number of fused-ring (bicyclic) bond motifs is 1. The van der Waals surface area contributed by atoms with E-state index in [9.17, 15) is 14.4 Å². The maximum absolute atomic E-state index is 12.9. The topological polar surface area (TPSA) is 109 Å². The average Bonchev–Trinajstić information content (AvgIpc) is 3.15. The van der Waals surface area contributed by atoms with Gasteiger partial charge in [-0.05, 0) is 0 Å². The fraction of sp³-hybridized carbons (Fsp3) is 0.250. The first-order valence-electron chi connectivity index (χ1n) is 10.7. The number of carbonyl (C=O) groups is 1. The second-order valence-corrected chi connectivity index (χ2v) is 8.21. The van der Waals surface area contributed by atoms with Gasteiger partial charge in [0.25, 0.3) is 5.56 Å². The Morgan fingerprint density at radius 1 is 0.879 bits per heavy atom. The summed E-state index contributed by atoms with van der Waals surface area (Å²) in [5.41, 5.74) is 7.30. The number of amides is 1. The van der Waals surface area contributed by atoms with Crippen molar-refractivity contribution in [3.8, 4) is 0 Å². The molecule has 1 amide bonds. The number of aromatic nitrogens is 4. The molecule has 170 valence electrons. The number of quaternary nitrogens is 1. The molecule has 4 rings (SSSR count). The molecule has 2 heterocycles. The minimum atomic E-state index is -0.584. The minimum absolute atomic E-state index is 0.191. The van der Waals surface area contributed by atoms with Crippen molar-refractivity contribution in [3.63, 3.8) is 0 Å². The van der Waals surface area contributed by atoms with Crippen LogP contribution in [0.25, 0.3) is 11.2 Å². The number of primary amides is 1. The van der Waals surface area contributed by atoms with E-state index in [0.29, 0.717) is 25.5 Å². The first-order chi connectivity index (χ1) is 15.8. The van der Waals surface area contributed by atoms with Crippen molar-refractivity contribution < 1.29 is 9.69 Å². The lowest BCUT2D eigenvalue weighted by Gasteiger charge is -2.20. The molecule has 9 heteroatoms. The quantitative estimate of drug-likeness (QED) is 0.387. The van der Waals surface area contributed by atoms with Crippen LogP contribution in [0.4, 0.5) is 0 Å². The number of rotatable bonds is 8. The van der Waals surface area contributed by atoms with Crippen molar-refractivity contribution in [3.05, 3.63) is 98.5 Å². The first kappa shape index (κ1) is 22.2. The van der Waals surface area contributed by atoms with E-state index in [1.807, 2.05) is 36.4 Å². The van der Waals surface area contributed by atoms with Crippen LogP contribution in [0.2, 0.25) is 0 Å². The fourth-order valence-corrected chi connectivity index (χ4v) is 4.13. The molecule has 2 aromatic heterocycles. The smallest absolute Gasteiger partial charge is 0.332 e. The number of hydrogen-bond acceptors (Lipinski definition) is 4. The summed E-state index contributed by atoms with van der Waals surface area (Å²) in [5.74, 6) is -0.0527. The van der Waals surface area contributed by atoms with Gasteiger partial charge in [-0.1, -0.05) is 60.7 Å². The van der Waals surface area contributed by atoms with E-state index in [2.05, 4.69) is 29.2 Å². The first-order valence-corrected chi connectivity index (χ1v) is 10.7. The zero-order valence-electron chi connectivity index (χ0n) is 18.7. The number of nitrogens with zero attached hydrogens (tertiary/aromatic N) is 4. The third kappa shape index (κ3) is 4.63. The van der Waals surface area contributed by atoms with Crippen molar-refractivity contribution in [1.29, 1.82) is 0 Å². The van der Waals surface area contributed by atoms with Crippen LogP contribution in [0.15, 0.2) is 70.3 Å². The Labute approximate surface area is 190 Å². The second kappa shape index (κ2) is 9.25.